The Bertz CT molecular complexity index is 426. The molecule has 0 saturated heterocycles. The standard InChI is InChI=1S/C13H15F3O2/c1-5-9(10(8(2)3)11(17)18-4)12(6-7-12)13(14,15)16/h5H,1-2,6-7H2,3-4H3/b10-9-. The molecule has 2 nitrogen and oxygen atoms in total. The van der Waals surface area contributed by atoms with Gasteiger partial charge in [0.2, 0.25) is 0 Å². The van der Waals surface area contributed by atoms with E-state index in [-0.39, 0.29) is 29.6 Å². The number of alkyl halides is 3. The maximum absolute atomic E-state index is 13.1. The molecule has 0 bridgehead atoms. The van der Waals surface area contributed by atoms with Gasteiger partial charge in [-0.25, -0.2) is 4.79 Å². The third-order valence-corrected chi connectivity index (χ3v) is 3.10. The highest BCUT2D eigenvalue weighted by Crippen LogP contribution is 2.63. The zero-order valence-corrected chi connectivity index (χ0v) is 10.4. The van der Waals surface area contributed by atoms with E-state index in [0.717, 1.165) is 13.2 Å². The Morgan fingerprint density at radius 3 is 2.11 bits per heavy atom. The van der Waals surface area contributed by atoms with Crippen LogP contribution in [0.2, 0.25) is 0 Å². The molecule has 0 heterocycles. The molecule has 1 aliphatic carbocycles. The van der Waals surface area contributed by atoms with Crippen molar-refractivity contribution in [3.63, 3.8) is 0 Å². The molecule has 0 spiro atoms. The highest BCUT2D eigenvalue weighted by Gasteiger charge is 2.65. The maximum atomic E-state index is 13.1. The molecule has 5 heteroatoms. The first-order chi connectivity index (χ1) is 8.21. The van der Waals surface area contributed by atoms with E-state index in [1.54, 1.807) is 0 Å². The third-order valence-electron chi connectivity index (χ3n) is 3.10. The number of allylic oxidation sites excluding steroid dienone is 2. The van der Waals surface area contributed by atoms with Crippen molar-refractivity contribution in [2.24, 2.45) is 5.41 Å². The summed E-state index contributed by atoms with van der Waals surface area (Å²) in [5.41, 5.74) is -1.97. The van der Waals surface area contributed by atoms with Crippen LogP contribution in [0.4, 0.5) is 13.2 Å². The fraction of sp³-hybridized carbons (Fsp3) is 0.462. The lowest BCUT2D eigenvalue weighted by Crippen LogP contribution is -2.28. The van der Waals surface area contributed by atoms with E-state index in [1.165, 1.54) is 6.92 Å². The molecule has 18 heavy (non-hydrogen) atoms. The summed E-state index contributed by atoms with van der Waals surface area (Å²) in [6.07, 6.45) is -3.38. The number of hydrogen-bond acceptors (Lipinski definition) is 2. The number of esters is 1. The molecule has 0 radical (unpaired) electrons. The molecule has 0 amide bonds. The van der Waals surface area contributed by atoms with Crippen molar-refractivity contribution in [3.05, 3.63) is 36.0 Å². The average Bonchev–Trinajstić information content (AvgIpc) is 3.04. The van der Waals surface area contributed by atoms with Crippen LogP contribution < -0.4 is 0 Å². The molecular weight excluding hydrogens is 245 g/mol. The minimum atomic E-state index is -4.40. The minimum Gasteiger partial charge on any atom is -0.465 e. The molecule has 1 fully saturated rings. The van der Waals surface area contributed by atoms with Crippen molar-refractivity contribution < 1.29 is 22.7 Å². The fourth-order valence-corrected chi connectivity index (χ4v) is 1.98. The Kier molecular flexibility index (Phi) is 3.74. The number of carbonyl (C=O) groups is 1. The van der Waals surface area contributed by atoms with Gasteiger partial charge < -0.3 is 4.74 Å². The van der Waals surface area contributed by atoms with Gasteiger partial charge in [0.25, 0.3) is 0 Å². The molecule has 100 valence electrons. The molecule has 0 N–H and O–H groups in total. The first-order valence-corrected chi connectivity index (χ1v) is 5.39. The predicted octanol–water partition coefficient (Wildman–Crippen LogP) is 3.56. The summed E-state index contributed by atoms with van der Waals surface area (Å²) < 4.78 is 43.7. The van der Waals surface area contributed by atoms with Crippen LogP contribution in [0.15, 0.2) is 36.0 Å². The summed E-state index contributed by atoms with van der Waals surface area (Å²) in [6, 6.07) is 0. The van der Waals surface area contributed by atoms with Crippen LogP contribution in [0.25, 0.3) is 0 Å². The van der Waals surface area contributed by atoms with Crippen LogP contribution in [0.5, 0.6) is 0 Å². The molecule has 0 aromatic rings. The van der Waals surface area contributed by atoms with E-state index < -0.39 is 17.6 Å². The second-order valence-corrected chi connectivity index (χ2v) is 4.34. The zero-order valence-electron chi connectivity index (χ0n) is 10.4. The second-order valence-electron chi connectivity index (χ2n) is 4.34. The van der Waals surface area contributed by atoms with Crippen LogP contribution in [0.3, 0.4) is 0 Å². The summed E-state index contributed by atoms with van der Waals surface area (Å²) in [4.78, 5) is 11.6. The Morgan fingerprint density at radius 2 is 1.89 bits per heavy atom. The lowest BCUT2D eigenvalue weighted by atomic mass is 9.88. The highest BCUT2D eigenvalue weighted by molar-refractivity contribution is 5.95. The van der Waals surface area contributed by atoms with Crippen molar-refractivity contribution in [2.45, 2.75) is 25.9 Å². The number of carbonyl (C=O) groups excluding carboxylic acids is 1. The number of ether oxygens (including phenoxy) is 1. The van der Waals surface area contributed by atoms with E-state index in [9.17, 15) is 18.0 Å². The number of halogens is 3. The van der Waals surface area contributed by atoms with Gasteiger partial charge in [0.05, 0.1) is 18.1 Å². The summed E-state index contributed by atoms with van der Waals surface area (Å²) in [5, 5.41) is 0. The van der Waals surface area contributed by atoms with Gasteiger partial charge in [0.1, 0.15) is 0 Å². The van der Waals surface area contributed by atoms with Crippen molar-refractivity contribution in [2.75, 3.05) is 7.11 Å². The summed E-state index contributed by atoms with van der Waals surface area (Å²) in [7, 11) is 1.12. The molecule has 0 atom stereocenters. The van der Waals surface area contributed by atoms with Crippen molar-refractivity contribution in [1.82, 2.24) is 0 Å². The Balaban J connectivity index is 3.42. The second kappa shape index (κ2) is 4.63. The van der Waals surface area contributed by atoms with Gasteiger partial charge in [0, 0.05) is 0 Å². The van der Waals surface area contributed by atoms with Gasteiger partial charge >= 0.3 is 12.1 Å². The van der Waals surface area contributed by atoms with Crippen LogP contribution in [0, 0.1) is 5.41 Å². The van der Waals surface area contributed by atoms with Crippen molar-refractivity contribution in [1.29, 1.82) is 0 Å². The van der Waals surface area contributed by atoms with Gasteiger partial charge in [-0.3, -0.25) is 0 Å². The van der Waals surface area contributed by atoms with Gasteiger partial charge in [-0.05, 0) is 30.9 Å². The molecule has 0 unspecified atom stereocenters. The van der Waals surface area contributed by atoms with Gasteiger partial charge in [-0.2, -0.15) is 13.2 Å². The third kappa shape index (κ3) is 2.21. The van der Waals surface area contributed by atoms with Crippen LogP contribution in [-0.2, 0) is 9.53 Å². The zero-order chi connectivity index (χ0) is 14.1. The predicted molar refractivity (Wildman–Crippen MR) is 61.8 cm³/mol. The summed E-state index contributed by atoms with van der Waals surface area (Å²) in [5.74, 6) is -0.812. The van der Waals surface area contributed by atoms with E-state index >= 15 is 0 Å². The first kappa shape index (κ1) is 14.5. The molecular formula is C13H15F3O2. The fourth-order valence-electron chi connectivity index (χ4n) is 1.98. The van der Waals surface area contributed by atoms with Gasteiger partial charge in [0.15, 0.2) is 0 Å². The molecule has 0 aliphatic heterocycles. The van der Waals surface area contributed by atoms with E-state index in [2.05, 4.69) is 17.9 Å². The Morgan fingerprint density at radius 1 is 1.39 bits per heavy atom. The average molecular weight is 260 g/mol. The number of methoxy groups -OCH3 is 1. The van der Waals surface area contributed by atoms with Gasteiger partial charge in [-0.1, -0.05) is 19.2 Å². The van der Waals surface area contributed by atoms with Crippen molar-refractivity contribution >= 4 is 5.97 Å². The van der Waals surface area contributed by atoms with E-state index in [4.69, 9.17) is 0 Å². The largest absolute Gasteiger partial charge is 0.465 e. The molecule has 0 aromatic heterocycles. The van der Waals surface area contributed by atoms with E-state index in [1.807, 2.05) is 0 Å². The number of rotatable bonds is 4. The Labute approximate surface area is 104 Å². The summed E-state index contributed by atoms with van der Waals surface area (Å²) >= 11 is 0. The Hall–Kier alpha value is -1.52. The van der Waals surface area contributed by atoms with Crippen LogP contribution in [0.1, 0.15) is 19.8 Å². The monoisotopic (exact) mass is 260 g/mol. The normalized spacial score (nSPS) is 18.7. The first-order valence-electron chi connectivity index (χ1n) is 5.39. The lowest BCUT2D eigenvalue weighted by Gasteiger charge is -2.23. The smallest absolute Gasteiger partial charge is 0.398 e. The summed E-state index contributed by atoms with van der Waals surface area (Å²) in [6.45, 7) is 8.41. The topological polar surface area (TPSA) is 26.3 Å². The van der Waals surface area contributed by atoms with Crippen LogP contribution >= 0.6 is 0 Å². The molecule has 0 aromatic carbocycles. The minimum absolute atomic E-state index is 0.0361. The van der Waals surface area contributed by atoms with E-state index in [0.29, 0.717) is 0 Å². The molecule has 1 saturated carbocycles. The maximum Gasteiger partial charge on any atom is 0.398 e. The van der Waals surface area contributed by atoms with Crippen LogP contribution in [-0.4, -0.2) is 19.3 Å². The quantitative estimate of drug-likeness (QED) is 0.439. The lowest BCUT2D eigenvalue weighted by molar-refractivity contribution is -0.174. The highest BCUT2D eigenvalue weighted by atomic mass is 19.4. The number of hydrogen-bond donors (Lipinski definition) is 0. The SMILES string of the molecule is C=C/C(=C(\C(=C)C)C(=O)OC)C1(C(F)(F)F)CC1. The van der Waals surface area contributed by atoms with Gasteiger partial charge in [-0.15, -0.1) is 0 Å². The molecule has 1 aliphatic rings. The molecule has 1 rings (SSSR count). The van der Waals surface area contributed by atoms with Crippen molar-refractivity contribution in [3.8, 4) is 0 Å².